The summed E-state index contributed by atoms with van der Waals surface area (Å²) in [5.74, 6) is 0.0414. The first kappa shape index (κ1) is 17.0. The van der Waals surface area contributed by atoms with Crippen LogP contribution >= 0.6 is 11.3 Å². The van der Waals surface area contributed by atoms with Gasteiger partial charge in [-0.3, -0.25) is 9.78 Å². The molecule has 4 aromatic heterocycles. The highest BCUT2D eigenvalue weighted by atomic mass is 32.1. The zero-order valence-corrected chi connectivity index (χ0v) is 15.7. The number of morpholine rings is 1. The fourth-order valence-electron chi connectivity index (χ4n) is 3.41. The third-order valence-corrected chi connectivity index (χ3v) is 5.70. The molecule has 1 amide bonds. The third kappa shape index (κ3) is 3.06. The Hall–Kier alpha value is -3.10. The first-order chi connectivity index (χ1) is 13.8. The smallest absolute Gasteiger partial charge is 0.264 e. The Morgan fingerprint density at radius 3 is 2.86 bits per heavy atom. The second-order valence-corrected chi connectivity index (χ2v) is 7.49. The van der Waals surface area contributed by atoms with E-state index in [0.29, 0.717) is 19.7 Å². The number of rotatable bonds is 3. The van der Waals surface area contributed by atoms with E-state index < -0.39 is 0 Å². The van der Waals surface area contributed by atoms with Crippen molar-refractivity contribution in [3.63, 3.8) is 0 Å². The number of hydrogen-bond acceptors (Lipinski definition) is 6. The maximum atomic E-state index is 12.7. The van der Waals surface area contributed by atoms with Crippen molar-refractivity contribution < 1.29 is 9.53 Å². The van der Waals surface area contributed by atoms with Crippen LogP contribution in [0, 0.1) is 0 Å². The van der Waals surface area contributed by atoms with Gasteiger partial charge in [-0.05, 0) is 35.2 Å². The van der Waals surface area contributed by atoms with E-state index >= 15 is 0 Å². The van der Waals surface area contributed by atoms with Crippen LogP contribution in [0.25, 0.3) is 16.6 Å². The fraction of sp³-hybridized carbons (Fsp3) is 0.200. The second-order valence-electron chi connectivity index (χ2n) is 6.55. The molecule has 0 radical (unpaired) electrons. The molecule has 1 aliphatic heterocycles. The van der Waals surface area contributed by atoms with Crippen LogP contribution in [0.3, 0.4) is 0 Å². The standard InChI is InChI=1S/C20H17N5O2S/c26-20(18-2-1-11-28-18)24-9-10-27-17(13-24)19-16-4-3-15(12-25(16)23-22-19)14-5-7-21-8-6-14/h1-8,11-12,17H,9-10,13H2/t17-/m1/s1. The quantitative estimate of drug-likeness (QED) is 0.537. The molecule has 0 bridgehead atoms. The summed E-state index contributed by atoms with van der Waals surface area (Å²) in [6.45, 7) is 1.53. The van der Waals surface area contributed by atoms with E-state index in [1.54, 1.807) is 16.9 Å². The van der Waals surface area contributed by atoms with Crippen molar-refractivity contribution in [3.8, 4) is 11.1 Å². The number of pyridine rings is 2. The van der Waals surface area contributed by atoms with Gasteiger partial charge in [-0.25, -0.2) is 4.52 Å². The van der Waals surface area contributed by atoms with Crippen LogP contribution < -0.4 is 0 Å². The van der Waals surface area contributed by atoms with E-state index in [-0.39, 0.29) is 12.0 Å². The Balaban J connectivity index is 1.42. The van der Waals surface area contributed by atoms with E-state index in [4.69, 9.17) is 4.74 Å². The Morgan fingerprint density at radius 2 is 2.04 bits per heavy atom. The average Bonchev–Trinajstić information content (AvgIpc) is 3.43. The summed E-state index contributed by atoms with van der Waals surface area (Å²) in [6.07, 6.45) is 5.18. The predicted octanol–water partition coefficient (Wildman–Crippen LogP) is 3.07. The van der Waals surface area contributed by atoms with E-state index in [9.17, 15) is 4.79 Å². The van der Waals surface area contributed by atoms with Crippen molar-refractivity contribution in [2.75, 3.05) is 19.7 Å². The van der Waals surface area contributed by atoms with Gasteiger partial charge in [0.2, 0.25) is 0 Å². The summed E-state index contributed by atoms with van der Waals surface area (Å²) in [5.41, 5.74) is 3.74. The van der Waals surface area contributed by atoms with E-state index in [1.807, 2.05) is 52.9 Å². The van der Waals surface area contributed by atoms with Crippen molar-refractivity contribution in [3.05, 3.63) is 70.9 Å². The summed E-state index contributed by atoms with van der Waals surface area (Å²) in [6, 6.07) is 11.7. The molecule has 1 fully saturated rings. The van der Waals surface area contributed by atoms with Crippen LogP contribution in [0.1, 0.15) is 21.5 Å². The lowest BCUT2D eigenvalue weighted by Gasteiger charge is -2.31. The van der Waals surface area contributed by atoms with Gasteiger partial charge in [0.15, 0.2) is 0 Å². The van der Waals surface area contributed by atoms with Gasteiger partial charge in [-0.1, -0.05) is 17.3 Å². The molecule has 0 spiro atoms. The van der Waals surface area contributed by atoms with Crippen molar-refractivity contribution in [1.29, 1.82) is 0 Å². The highest BCUT2D eigenvalue weighted by molar-refractivity contribution is 7.12. The molecule has 4 aromatic rings. The van der Waals surface area contributed by atoms with E-state index in [1.165, 1.54) is 11.3 Å². The molecule has 0 aromatic carbocycles. The number of carbonyl (C=O) groups excluding carboxylic acids is 1. The second kappa shape index (κ2) is 7.14. The Bertz CT molecular complexity index is 1110. The number of thiophene rings is 1. The van der Waals surface area contributed by atoms with Crippen LogP contribution in [-0.4, -0.2) is 50.3 Å². The molecule has 0 N–H and O–H groups in total. The molecule has 0 saturated carbocycles. The number of aromatic nitrogens is 4. The highest BCUT2D eigenvalue weighted by Gasteiger charge is 2.29. The highest BCUT2D eigenvalue weighted by Crippen LogP contribution is 2.27. The van der Waals surface area contributed by atoms with Gasteiger partial charge in [0.25, 0.3) is 5.91 Å². The minimum Gasteiger partial charge on any atom is -0.368 e. The first-order valence-corrected chi connectivity index (χ1v) is 9.87. The minimum atomic E-state index is -0.290. The number of amides is 1. The van der Waals surface area contributed by atoms with Crippen LogP contribution in [0.5, 0.6) is 0 Å². The molecule has 1 atom stereocenters. The average molecular weight is 391 g/mol. The molecule has 140 valence electrons. The van der Waals surface area contributed by atoms with Crippen molar-refractivity contribution in [2.24, 2.45) is 0 Å². The van der Waals surface area contributed by atoms with E-state index in [2.05, 4.69) is 15.3 Å². The van der Waals surface area contributed by atoms with Gasteiger partial charge in [-0.15, -0.1) is 16.4 Å². The summed E-state index contributed by atoms with van der Waals surface area (Å²) in [4.78, 5) is 19.3. The lowest BCUT2D eigenvalue weighted by atomic mass is 10.1. The fourth-order valence-corrected chi connectivity index (χ4v) is 4.10. The number of hydrogen-bond donors (Lipinski definition) is 0. The van der Waals surface area contributed by atoms with Gasteiger partial charge in [0, 0.05) is 30.7 Å². The van der Waals surface area contributed by atoms with E-state index in [0.717, 1.165) is 27.2 Å². The molecule has 7 nitrogen and oxygen atoms in total. The molecular weight excluding hydrogens is 374 g/mol. The lowest BCUT2D eigenvalue weighted by Crippen LogP contribution is -2.42. The van der Waals surface area contributed by atoms with Crippen molar-refractivity contribution in [1.82, 2.24) is 24.7 Å². The molecule has 1 saturated heterocycles. The summed E-state index contributed by atoms with van der Waals surface area (Å²) in [5, 5.41) is 10.5. The van der Waals surface area contributed by atoms with Gasteiger partial charge in [-0.2, -0.15) is 0 Å². The number of nitrogens with zero attached hydrogens (tertiary/aromatic N) is 5. The topological polar surface area (TPSA) is 72.6 Å². The summed E-state index contributed by atoms with van der Waals surface area (Å²) in [7, 11) is 0. The molecule has 1 aliphatic rings. The number of ether oxygens (including phenoxy) is 1. The minimum absolute atomic E-state index is 0.0414. The molecule has 5 rings (SSSR count). The largest absolute Gasteiger partial charge is 0.368 e. The van der Waals surface area contributed by atoms with Gasteiger partial charge >= 0.3 is 0 Å². The summed E-state index contributed by atoms with van der Waals surface area (Å²) >= 11 is 1.46. The van der Waals surface area contributed by atoms with Gasteiger partial charge in [0.05, 0.1) is 23.5 Å². The molecule has 5 heterocycles. The van der Waals surface area contributed by atoms with Crippen LogP contribution in [0.2, 0.25) is 0 Å². The molecule has 8 heteroatoms. The number of carbonyl (C=O) groups is 1. The maximum absolute atomic E-state index is 12.7. The zero-order valence-electron chi connectivity index (χ0n) is 14.9. The van der Waals surface area contributed by atoms with Gasteiger partial charge < -0.3 is 9.64 Å². The van der Waals surface area contributed by atoms with Crippen molar-refractivity contribution >= 4 is 22.8 Å². The lowest BCUT2D eigenvalue weighted by molar-refractivity contribution is -0.0239. The maximum Gasteiger partial charge on any atom is 0.264 e. The van der Waals surface area contributed by atoms with Crippen LogP contribution in [0.4, 0.5) is 0 Å². The van der Waals surface area contributed by atoms with Crippen molar-refractivity contribution in [2.45, 2.75) is 6.10 Å². The molecule has 28 heavy (non-hydrogen) atoms. The predicted molar refractivity (Wildman–Crippen MR) is 105 cm³/mol. The third-order valence-electron chi connectivity index (χ3n) is 4.84. The Kier molecular flexibility index (Phi) is 4.34. The molecule has 0 aliphatic carbocycles. The normalized spacial score (nSPS) is 17.1. The Morgan fingerprint density at radius 1 is 1.14 bits per heavy atom. The van der Waals surface area contributed by atoms with Gasteiger partial charge in [0.1, 0.15) is 11.8 Å². The molecule has 0 unspecified atom stereocenters. The molecular formula is C20H17N5O2S. The monoisotopic (exact) mass is 391 g/mol. The van der Waals surface area contributed by atoms with Crippen LogP contribution in [-0.2, 0) is 4.74 Å². The number of fused-ring (bicyclic) bond motifs is 1. The Labute approximate surface area is 165 Å². The summed E-state index contributed by atoms with van der Waals surface area (Å²) < 4.78 is 7.69. The SMILES string of the molecule is O=C(c1cccs1)N1CCO[C@@H](c2nnn3cc(-c4ccncc4)ccc23)C1. The van der Waals surface area contributed by atoms with Crippen LogP contribution in [0.15, 0.2) is 60.4 Å². The zero-order chi connectivity index (χ0) is 18.9. The first-order valence-electron chi connectivity index (χ1n) is 8.99.